The number of halogens is 2. The lowest BCUT2D eigenvalue weighted by Gasteiger charge is -2.39. The molecule has 0 unspecified atom stereocenters. The van der Waals surface area contributed by atoms with E-state index in [2.05, 4.69) is 55.5 Å². The number of anilines is 1. The summed E-state index contributed by atoms with van der Waals surface area (Å²) in [5.74, 6) is 0.679. The Kier molecular flexibility index (Phi) is 11.6. The second-order valence-electron chi connectivity index (χ2n) is 18.5. The molecule has 2 aromatic carbocycles. The second kappa shape index (κ2) is 16.8. The summed E-state index contributed by atoms with van der Waals surface area (Å²) < 4.78 is 41.8. The van der Waals surface area contributed by atoms with Crippen LogP contribution in [0.15, 0.2) is 89.7 Å². The number of aromatic nitrogens is 3. The molecule has 1 amide bonds. The Bertz CT molecular complexity index is 2640. The summed E-state index contributed by atoms with van der Waals surface area (Å²) in [6.45, 7) is 11.1. The number of hydrogen-bond donors (Lipinski definition) is 3. The molecule has 9 rings (SSSR count). The van der Waals surface area contributed by atoms with Crippen LogP contribution in [0.2, 0.25) is 10.0 Å². The summed E-state index contributed by atoms with van der Waals surface area (Å²) in [6.07, 6.45) is 10.3. The maximum atomic E-state index is 13.9. The van der Waals surface area contributed by atoms with Crippen molar-refractivity contribution in [1.29, 1.82) is 0 Å². The number of pyridine rings is 2. The smallest absolute Gasteiger partial charge is 0.268 e. The number of benzene rings is 2. The number of ether oxygens (including phenoxy) is 2. The van der Waals surface area contributed by atoms with Crippen molar-refractivity contribution in [3.63, 3.8) is 0 Å². The largest absolute Gasteiger partial charge is 0.476 e. The average molecular weight is 900 g/mol. The van der Waals surface area contributed by atoms with Gasteiger partial charge in [-0.25, -0.2) is 23.1 Å². The van der Waals surface area contributed by atoms with Crippen LogP contribution in [0.5, 0.6) is 17.4 Å². The number of carbonyl (C=O) groups excluding carboxylic acids is 1. The van der Waals surface area contributed by atoms with Crippen LogP contribution < -0.4 is 19.1 Å². The number of hydrogen-bond acceptors (Lipinski definition) is 10. The standard InChI is InChI=1S/C47H52Cl2N6O6S/c1-46(2)12-10-31(40(24-46)29-4-6-35(48)7-5-29)27-54-14-16-55(17-15-54)36-8-9-39(42(21-36)61-37-20-30-11-13-50-43(30)51-25-37)44(56)53-62(58,59)38-22-41(49)45(52-26-38)60-28-33-19-34-18-32(33)23-47(34,3)57/h4-9,11,13,20-22,25-26,32-34,57H,10,12,14-19,23-24,27-28H2,1-3H3,(H,50,51)(H,53,56)/t32-,33-,34-,47+/m1/s1. The molecule has 1 saturated heterocycles. The molecule has 3 fully saturated rings. The van der Waals surface area contributed by atoms with E-state index in [-0.39, 0.29) is 44.4 Å². The van der Waals surface area contributed by atoms with Crippen molar-refractivity contribution in [3.8, 4) is 17.4 Å². The van der Waals surface area contributed by atoms with Gasteiger partial charge in [0, 0.05) is 61.1 Å². The topological polar surface area (TPSA) is 150 Å². The number of fused-ring (bicyclic) bond motifs is 3. The highest BCUT2D eigenvalue weighted by molar-refractivity contribution is 7.90. The van der Waals surface area contributed by atoms with E-state index in [0.29, 0.717) is 23.9 Å². The summed E-state index contributed by atoms with van der Waals surface area (Å²) in [6, 6.07) is 18.3. The van der Waals surface area contributed by atoms with E-state index in [0.717, 1.165) is 93.5 Å². The molecule has 4 atom stereocenters. The van der Waals surface area contributed by atoms with Crippen LogP contribution in [0.3, 0.4) is 0 Å². The Hall–Kier alpha value is -4.66. The molecule has 326 valence electrons. The molecule has 2 saturated carbocycles. The fraction of sp³-hybridized carbons (Fsp3) is 0.426. The Labute approximate surface area is 372 Å². The number of allylic oxidation sites excluding steroid dienone is 1. The van der Waals surface area contributed by atoms with E-state index in [1.54, 1.807) is 30.6 Å². The maximum absolute atomic E-state index is 13.9. The molecule has 5 aromatic rings. The minimum Gasteiger partial charge on any atom is -0.476 e. The van der Waals surface area contributed by atoms with Crippen molar-refractivity contribution in [1.82, 2.24) is 24.6 Å². The van der Waals surface area contributed by atoms with Crippen LogP contribution in [0.25, 0.3) is 16.6 Å². The summed E-state index contributed by atoms with van der Waals surface area (Å²) in [5, 5.41) is 12.1. The highest BCUT2D eigenvalue weighted by atomic mass is 35.5. The summed E-state index contributed by atoms with van der Waals surface area (Å²) in [4.78, 5) is 30.1. The van der Waals surface area contributed by atoms with Crippen molar-refractivity contribution < 1.29 is 27.8 Å². The molecule has 1 aliphatic heterocycles. The van der Waals surface area contributed by atoms with Gasteiger partial charge in [0.15, 0.2) is 0 Å². The average Bonchev–Trinajstić information content (AvgIpc) is 3.95. The molecule has 12 nitrogen and oxygen atoms in total. The van der Waals surface area contributed by atoms with Gasteiger partial charge < -0.3 is 24.5 Å². The van der Waals surface area contributed by atoms with Gasteiger partial charge in [0.2, 0.25) is 5.88 Å². The molecule has 3 aliphatic carbocycles. The van der Waals surface area contributed by atoms with Crippen molar-refractivity contribution in [2.75, 3.05) is 44.2 Å². The van der Waals surface area contributed by atoms with Crippen molar-refractivity contribution in [2.24, 2.45) is 23.2 Å². The third-order valence-corrected chi connectivity index (χ3v) is 15.3. The number of rotatable bonds is 12. The maximum Gasteiger partial charge on any atom is 0.268 e. The number of aliphatic hydroxyl groups is 1. The van der Waals surface area contributed by atoms with Gasteiger partial charge in [0.1, 0.15) is 27.1 Å². The van der Waals surface area contributed by atoms with E-state index in [9.17, 15) is 18.3 Å². The molecular weight excluding hydrogens is 848 g/mol. The molecule has 4 heterocycles. The third kappa shape index (κ3) is 9.05. The van der Waals surface area contributed by atoms with Crippen LogP contribution in [0, 0.1) is 23.2 Å². The molecule has 2 bridgehead atoms. The van der Waals surface area contributed by atoms with E-state index in [4.69, 9.17) is 32.7 Å². The Balaban J connectivity index is 0.899. The number of nitrogens with zero attached hydrogens (tertiary/aromatic N) is 4. The highest BCUT2D eigenvalue weighted by Crippen LogP contribution is 2.53. The van der Waals surface area contributed by atoms with Gasteiger partial charge in [0.05, 0.1) is 30.2 Å². The molecule has 15 heteroatoms. The molecule has 0 spiro atoms. The third-order valence-electron chi connectivity index (χ3n) is 13.5. The molecule has 3 aromatic heterocycles. The SMILES string of the molecule is CC1(C)CCC(CN2CCN(c3ccc(C(=O)NS(=O)(=O)c4cnc(OC[C@H]5C[C@H]6C[C@@H]5C[C@]6(C)O)c(Cl)c4)c(Oc4cnc5[nH]ccc5c4)c3)CC2)=C(c2ccc(Cl)cc2)C1. The Morgan fingerprint density at radius 1 is 0.984 bits per heavy atom. The normalized spacial score (nSPS) is 23.8. The fourth-order valence-electron chi connectivity index (χ4n) is 9.93. The first-order valence-corrected chi connectivity index (χ1v) is 23.6. The number of nitrogens with one attached hydrogen (secondary N) is 2. The second-order valence-corrected chi connectivity index (χ2v) is 21.0. The zero-order valence-electron chi connectivity index (χ0n) is 35.2. The molecule has 4 aliphatic rings. The van der Waals surface area contributed by atoms with Crippen LogP contribution in [-0.2, 0) is 10.0 Å². The van der Waals surface area contributed by atoms with Crippen molar-refractivity contribution in [2.45, 2.75) is 69.8 Å². The van der Waals surface area contributed by atoms with Crippen LogP contribution in [0.1, 0.15) is 75.2 Å². The van der Waals surface area contributed by atoms with Crippen molar-refractivity contribution >= 4 is 61.4 Å². The van der Waals surface area contributed by atoms with Gasteiger partial charge in [-0.05, 0) is 122 Å². The lowest BCUT2D eigenvalue weighted by atomic mass is 9.72. The number of piperazine rings is 1. The van der Waals surface area contributed by atoms with E-state index in [1.807, 2.05) is 31.2 Å². The quantitative estimate of drug-likeness (QED) is 0.111. The molecule has 0 radical (unpaired) electrons. The summed E-state index contributed by atoms with van der Waals surface area (Å²) in [7, 11) is -4.42. The number of sulfonamides is 1. The van der Waals surface area contributed by atoms with Crippen LogP contribution >= 0.6 is 23.2 Å². The first-order chi connectivity index (χ1) is 29.6. The molecule has 3 N–H and O–H groups in total. The van der Waals surface area contributed by atoms with Gasteiger partial charge in [-0.2, -0.15) is 0 Å². The van der Waals surface area contributed by atoms with E-state index < -0.39 is 21.5 Å². The lowest BCUT2D eigenvalue weighted by molar-refractivity contribution is -0.0121. The summed E-state index contributed by atoms with van der Waals surface area (Å²) >= 11 is 12.7. The predicted molar refractivity (Wildman–Crippen MR) is 242 cm³/mol. The first kappa shape index (κ1) is 42.6. The first-order valence-electron chi connectivity index (χ1n) is 21.4. The zero-order chi connectivity index (χ0) is 43.4. The summed E-state index contributed by atoms with van der Waals surface area (Å²) in [5.41, 5.74) is 5.31. The van der Waals surface area contributed by atoms with E-state index >= 15 is 0 Å². The lowest BCUT2D eigenvalue weighted by Crippen LogP contribution is -2.47. The molecular formula is C47H52Cl2N6O6S. The van der Waals surface area contributed by atoms with Gasteiger partial charge in [0.25, 0.3) is 15.9 Å². The number of aromatic amines is 1. The highest BCUT2D eigenvalue weighted by Gasteiger charge is 2.51. The monoisotopic (exact) mass is 898 g/mol. The number of carbonyl (C=O) groups is 1. The van der Waals surface area contributed by atoms with Crippen LogP contribution in [0.4, 0.5) is 5.69 Å². The molecule has 62 heavy (non-hydrogen) atoms. The van der Waals surface area contributed by atoms with Gasteiger partial charge in [-0.15, -0.1) is 0 Å². The Morgan fingerprint density at radius 3 is 2.50 bits per heavy atom. The minimum absolute atomic E-state index is 0.0120. The van der Waals surface area contributed by atoms with Crippen molar-refractivity contribution in [3.05, 3.63) is 106 Å². The zero-order valence-corrected chi connectivity index (χ0v) is 37.5. The fourth-order valence-corrected chi connectivity index (χ4v) is 11.3. The van der Waals surface area contributed by atoms with Gasteiger partial charge in [-0.1, -0.05) is 54.8 Å². The minimum atomic E-state index is -4.42. The number of amides is 1. The number of H-pyrrole nitrogens is 1. The van der Waals surface area contributed by atoms with Crippen LogP contribution in [-0.4, -0.2) is 84.2 Å². The Morgan fingerprint density at radius 2 is 1.77 bits per heavy atom. The van der Waals surface area contributed by atoms with E-state index in [1.165, 1.54) is 22.8 Å². The predicted octanol–water partition coefficient (Wildman–Crippen LogP) is 9.14. The van der Waals surface area contributed by atoms with Gasteiger partial charge in [-0.3, -0.25) is 9.69 Å². The van der Waals surface area contributed by atoms with Gasteiger partial charge >= 0.3 is 0 Å².